The lowest BCUT2D eigenvalue weighted by Crippen LogP contribution is -2.44. The average Bonchev–Trinajstić information content (AvgIpc) is 2.72. The van der Waals surface area contributed by atoms with E-state index in [9.17, 15) is 4.79 Å². The van der Waals surface area contributed by atoms with Crippen molar-refractivity contribution < 1.29 is 14.3 Å². The topological polar surface area (TPSA) is 42.0 Å². The van der Waals surface area contributed by atoms with Gasteiger partial charge in [0.15, 0.2) is 11.5 Å². The van der Waals surface area contributed by atoms with Gasteiger partial charge in [-0.2, -0.15) is 0 Å². The van der Waals surface area contributed by atoms with Crippen molar-refractivity contribution in [2.24, 2.45) is 0 Å². The van der Waals surface area contributed by atoms with E-state index in [1.165, 1.54) is 16.0 Å². The molecule has 0 aromatic heterocycles. The number of para-hydroxylation sites is 1. The van der Waals surface area contributed by atoms with Gasteiger partial charge in [-0.15, -0.1) is 11.8 Å². The first-order valence-corrected chi connectivity index (χ1v) is 10.2. The fourth-order valence-corrected chi connectivity index (χ4v) is 4.78. The summed E-state index contributed by atoms with van der Waals surface area (Å²) in [7, 11) is 3.31. The molecule has 2 heterocycles. The van der Waals surface area contributed by atoms with E-state index in [0.29, 0.717) is 6.54 Å². The van der Waals surface area contributed by atoms with Gasteiger partial charge in [0.1, 0.15) is 0 Å². The van der Waals surface area contributed by atoms with Crippen LogP contribution in [0.4, 0.5) is 5.69 Å². The van der Waals surface area contributed by atoms with Gasteiger partial charge >= 0.3 is 0 Å². The first-order chi connectivity index (χ1) is 13.2. The van der Waals surface area contributed by atoms with E-state index in [1.54, 1.807) is 14.2 Å². The number of thioether (sulfide) groups is 1. The second-order valence-electron chi connectivity index (χ2n) is 6.80. The Labute approximate surface area is 164 Å². The fraction of sp³-hybridized carbons (Fsp3) is 0.381. The van der Waals surface area contributed by atoms with Gasteiger partial charge in [-0.1, -0.05) is 12.1 Å². The molecule has 4 rings (SSSR count). The van der Waals surface area contributed by atoms with E-state index in [-0.39, 0.29) is 5.91 Å². The van der Waals surface area contributed by atoms with Gasteiger partial charge in [0.25, 0.3) is 0 Å². The normalized spacial score (nSPS) is 16.4. The molecule has 142 valence electrons. The Hall–Kier alpha value is -2.18. The lowest BCUT2D eigenvalue weighted by molar-refractivity contribution is -0.119. The van der Waals surface area contributed by atoms with Crippen molar-refractivity contribution in [3.8, 4) is 11.5 Å². The quantitative estimate of drug-likeness (QED) is 0.810. The highest BCUT2D eigenvalue weighted by Gasteiger charge is 2.26. The number of nitrogens with zero attached hydrogens (tertiary/aromatic N) is 2. The summed E-state index contributed by atoms with van der Waals surface area (Å²) in [5, 5.41) is 0. The van der Waals surface area contributed by atoms with E-state index in [4.69, 9.17) is 9.47 Å². The average molecular weight is 385 g/mol. The lowest BCUT2D eigenvalue weighted by Gasteiger charge is -2.33. The first-order valence-electron chi connectivity index (χ1n) is 9.18. The van der Waals surface area contributed by atoms with Gasteiger partial charge in [-0.25, -0.2) is 0 Å². The molecule has 0 N–H and O–H groups in total. The molecule has 2 aliphatic rings. The lowest BCUT2D eigenvalue weighted by atomic mass is 9.98. The van der Waals surface area contributed by atoms with Gasteiger partial charge in [-0.3, -0.25) is 9.69 Å². The number of hydrogen-bond acceptors (Lipinski definition) is 5. The van der Waals surface area contributed by atoms with Crippen LogP contribution >= 0.6 is 11.8 Å². The summed E-state index contributed by atoms with van der Waals surface area (Å²) in [5.41, 5.74) is 3.53. The first kappa shape index (κ1) is 18.2. The third-order valence-electron chi connectivity index (χ3n) is 5.19. The molecule has 2 aromatic rings. The maximum Gasteiger partial charge on any atom is 0.241 e. The predicted octanol–water partition coefficient (Wildman–Crippen LogP) is 3.20. The maximum absolute atomic E-state index is 13.0. The Morgan fingerprint density at radius 1 is 1.07 bits per heavy atom. The number of rotatable bonds is 4. The van der Waals surface area contributed by atoms with Crippen molar-refractivity contribution in [3.63, 3.8) is 0 Å². The Morgan fingerprint density at radius 3 is 2.59 bits per heavy atom. The van der Waals surface area contributed by atoms with Crippen LogP contribution < -0.4 is 14.4 Å². The second-order valence-corrected chi connectivity index (χ2v) is 7.93. The number of amides is 1. The van der Waals surface area contributed by atoms with E-state index < -0.39 is 0 Å². The molecule has 0 saturated carbocycles. The largest absolute Gasteiger partial charge is 0.493 e. The van der Waals surface area contributed by atoms with Crippen LogP contribution in [0.3, 0.4) is 0 Å². The predicted molar refractivity (Wildman–Crippen MR) is 108 cm³/mol. The minimum atomic E-state index is 0.173. The van der Waals surface area contributed by atoms with Gasteiger partial charge in [0.2, 0.25) is 5.91 Å². The number of ether oxygens (including phenoxy) is 2. The Balaban J connectivity index is 1.48. The number of carbonyl (C=O) groups is 1. The molecule has 27 heavy (non-hydrogen) atoms. The van der Waals surface area contributed by atoms with Gasteiger partial charge < -0.3 is 14.4 Å². The van der Waals surface area contributed by atoms with Crippen LogP contribution in [0.5, 0.6) is 11.5 Å². The maximum atomic E-state index is 13.0. The van der Waals surface area contributed by atoms with Crippen LogP contribution in [0.2, 0.25) is 0 Å². The molecule has 5 nitrogen and oxygen atoms in total. The number of fused-ring (bicyclic) bond motifs is 2. The summed E-state index contributed by atoms with van der Waals surface area (Å²) in [5.74, 6) is 2.63. The third-order valence-corrected chi connectivity index (χ3v) is 6.23. The Kier molecular flexibility index (Phi) is 5.27. The molecule has 0 saturated heterocycles. The zero-order valence-electron chi connectivity index (χ0n) is 15.7. The van der Waals surface area contributed by atoms with Gasteiger partial charge in [0, 0.05) is 30.3 Å². The van der Waals surface area contributed by atoms with Gasteiger partial charge in [0.05, 0.1) is 26.5 Å². The highest BCUT2D eigenvalue weighted by molar-refractivity contribution is 7.99. The van der Waals surface area contributed by atoms with Crippen LogP contribution in [0.25, 0.3) is 0 Å². The van der Waals surface area contributed by atoms with Crippen molar-refractivity contribution in [1.29, 1.82) is 0 Å². The van der Waals surface area contributed by atoms with Crippen LogP contribution in [0.1, 0.15) is 11.1 Å². The van der Waals surface area contributed by atoms with E-state index in [0.717, 1.165) is 49.0 Å². The van der Waals surface area contributed by atoms with Crippen molar-refractivity contribution in [3.05, 3.63) is 47.5 Å². The second kappa shape index (κ2) is 7.82. The SMILES string of the molecule is COc1cc2c(cc1OC)CN(CC(=O)N1CCSc3ccccc31)CC2. The summed E-state index contributed by atoms with van der Waals surface area (Å²) in [6.45, 7) is 2.84. The van der Waals surface area contributed by atoms with Crippen LogP contribution in [0, 0.1) is 0 Å². The number of hydrogen-bond donors (Lipinski definition) is 0. The molecular weight excluding hydrogens is 360 g/mol. The fourth-order valence-electron chi connectivity index (χ4n) is 3.78. The summed E-state index contributed by atoms with van der Waals surface area (Å²) in [4.78, 5) is 18.4. The minimum Gasteiger partial charge on any atom is -0.493 e. The van der Waals surface area contributed by atoms with Crippen molar-refractivity contribution in [1.82, 2.24) is 4.90 Å². The van der Waals surface area contributed by atoms with Crippen LogP contribution in [0.15, 0.2) is 41.3 Å². The number of benzene rings is 2. The number of methoxy groups -OCH3 is 2. The summed E-state index contributed by atoms with van der Waals surface area (Å²) >= 11 is 1.82. The van der Waals surface area contributed by atoms with E-state index in [1.807, 2.05) is 40.9 Å². The summed E-state index contributed by atoms with van der Waals surface area (Å²) in [6, 6.07) is 12.3. The molecule has 0 bridgehead atoms. The van der Waals surface area contributed by atoms with Crippen LogP contribution in [-0.2, 0) is 17.8 Å². The Morgan fingerprint density at radius 2 is 1.81 bits per heavy atom. The Bertz CT molecular complexity index is 855. The zero-order chi connectivity index (χ0) is 18.8. The summed E-state index contributed by atoms with van der Waals surface area (Å²) in [6.07, 6.45) is 0.912. The monoisotopic (exact) mass is 384 g/mol. The third kappa shape index (κ3) is 3.64. The smallest absolute Gasteiger partial charge is 0.241 e. The molecule has 0 fully saturated rings. The molecule has 0 aliphatic carbocycles. The number of carbonyl (C=O) groups excluding carboxylic acids is 1. The minimum absolute atomic E-state index is 0.173. The van der Waals surface area contributed by atoms with Gasteiger partial charge in [-0.05, 0) is 41.8 Å². The zero-order valence-corrected chi connectivity index (χ0v) is 16.6. The molecule has 1 amide bonds. The molecule has 2 aromatic carbocycles. The molecule has 0 unspecified atom stereocenters. The highest BCUT2D eigenvalue weighted by atomic mass is 32.2. The standard InChI is InChI=1S/C21H24N2O3S/c1-25-18-11-15-7-8-22(13-16(15)12-19(18)26-2)14-21(24)23-9-10-27-20-6-4-3-5-17(20)23/h3-6,11-12H,7-10,13-14H2,1-2H3. The van der Waals surface area contributed by atoms with E-state index >= 15 is 0 Å². The molecule has 2 aliphatic heterocycles. The van der Waals surface area contributed by atoms with Crippen molar-refractivity contribution >= 4 is 23.4 Å². The van der Waals surface area contributed by atoms with Crippen molar-refractivity contribution in [2.75, 3.05) is 44.5 Å². The number of anilines is 1. The molecule has 0 radical (unpaired) electrons. The summed E-state index contributed by atoms with van der Waals surface area (Å²) < 4.78 is 10.8. The molecular formula is C21H24N2O3S. The molecule has 0 atom stereocenters. The highest BCUT2D eigenvalue weighted by Crippen LogP contribution is 2.35. The van der Waals surface area contributed by atoms with E-state index in [2.05, 4.69) is 17.0 Å². The van der Waals surface area contributed by atoms with Crippen molar-refractivity contribution in [2.45, 2.75) is 17.9 Å². The molecule has 6 heteroatoms. The van der Waals surface area contributed by atoms with Crippen LogP contribution in [-0.4, -0.2) is 50.4 Å². The molecule has 0 spiro atoms.